The van der Waals surface area contributed by atoms with Crippen LogP contribution < -0.4 is 11.5 Å². The summed E-state index contributed by atoms with van der Waals surface area (Å²) in [6.07, 6.45) is 3.43. The predicted octanol–water partition coefficient (Wildman–Crippen LogP) is 2.55. The Bertz CT molecular complexity index is 570. The first-order chi connectivity index (χ1) is 9.77. The van der Waals surface area contributed by atoms with Crippen molar-refractivity contribution in [3.8, 4) is 0 Å². The second kappa shape index (κ2) is 5.90. The fraction of sp³-hybridized carbons (Fsp3) is 0.471. The summed E-state index contributed by atoms with van der Waals surface area (Å²) in [5.41, 5.74) is 15.2. The van der Waals surface area contributed by atoms with Crippen LogP contribution >= 0.6 is 0 Å². The van der Waals surface area contributed by atoms with E-state index in [9.17, 15) is 4.79 Å². The van der Waals surface area contributed by atoms with E-state index in [1.165, 1.54) is 5.57 Å². The van der Waals surface area contributed by atoms with Crippen LogP contribution in [0, 0.1) is 5.41 Å². The van der Waals surface area contributed by atoms with Crippen molar-refractivity contribution >= 4 is 11.6 Å². The van der Waals surface area contributed by atoms with E-state index in [4.69, 9.17) is 11.5 Å². The van der Waals surface area contributed by atoms with Gasteiger partial charge in [-0.3, -0.25) is 9.69 Å². The highest BCUT2D eigenvalue weighted by Gasteiger charge is 2.21. The van der Waals surface area contributed by atoms with E-state index in [0.717, 1.165) is 31.6 Å². The van der Waals surface area contributed by atoms with Gasteiger partial charge in [0.05, 0.1) is 0 Å². The molecule has 0 unspecified atom stereocenters. The quantitative estimate of drug-likeness (QED) is 0.663. The number of carbonyl (C=O) groups is 1. The van der Waals surface area contributed by atoms with Crippen molar-refractivity contribution < 1.29 is 4.79 Å². The average Bonchev–Trinajstić information content (AvgIpc) is 2.40. The Kier molecular flexibility index (Phi) is 4.37. The van der Waals surface area contributed by atoms with Crippen LogP contribution in [-0.4, -0.2) is 23.9 Å². The normalized spacial score (nSPS) is 16.6. The first-order valence-electron chi connectivity index (χ1n) is 7.37. The Morgan fingerprint density at radius 1 is 1.33 bits per heavy atom. The summed E-state index contributed by atoms with van der Waals surface area (Å²) in [7, 11) is 0. The maximum Gasteiger partial charge on any atom is 0.248 e. The van der Waals surface area contributed by atoms with Crippen molar-refractivity contribution in [2.45, 2.75) is 33.7 Å². The number of rotatable bonds is 3. The zero-order valence-corrected chi connectivity index (χ0v) is 13.1. The van der Waals surface area contributed by atoms with Crippen LogP contribution in [0.4, 0.5) is 5.69 Å². The van der Waals surface area contributed by atoms with Gasteiger partial charge in [0.25, 0.3) is 0 Å². The van der Waals surface area contributed by atoms with Crippen molar-refractivity contribution in [2.75, 3.05) is 18.8 Å². The molecule has 0 spiro atoms. The van der Waals surface area contributed by atoms with Gasteiger partial charge in [-0.05, 0) is 29.5 Å². The lowest BCUT2D eigenvalue weighted by molar-refractivity contribution is 0.100. The summed E-state index contributed by atoms with van der Waals surface area (Å²) in [6.45, 7) is 9.57. The number of hydrogen-bond donors (Lipinski definition) is 2. The summed E-state index contributed by atoms with van der Waals surface area (Å²) in [5.74, 6) is -0.441. The van der Waals surface area contributed by atoms with Crippen LogP contribution in [0.1, 0.15) is 43.1 Å². The SMILES string of the molecule is CC(C)(C)C1=CCN(Cc2ccc(C(N)=O)cc2N)CC1. The minimum absolute atomic E-state index is 0.258. The monoisotopic (exact) mass is 287 g/mol. The van der Waals surface area contributed by atoms with Crippen molar-refractivity contribution in [2.24, 2.45) is 11.1 Å². The fourth-order valence-corrected chi connectivity index (χ4v) is 2.67. The second-order valence-corrected chi connectivity index (χ2v) is 6.74. The molecule has 1 amide bonds. The lowest BCUT2D eigenvalue weighted by atomic mass is 9.83. The number of amides is 1. The molecule has 114 valence electrons. The Hall–Kier alpha value is -1.81. The lowest BCUT2D eigenvalue weighted by Crippen LogP contribution is -2.31. The van der Waals surface area contributed by atoms with E-state index in [1.54, 1.807) is 12.1 Å². The number of nitrogen functional groups attached to an aromatic ring is 1. The van der Waals surface area contributed by atoms with Crippen LogP contribution in [0.25, 0.3) is 0 Å². The van der Waals surface area contributed by atoms with Crippen molar-refractivity contribution in [1.82, 2.24) is 4.90 Å². The number of anilines is 1. The first kappa shape index (κ1) is 15.6. The molecule has 4 nitrogen and oxygen atoms in total. The van der Waals surface area contributed by atoms with Crippen molar-refractivity contribution in [3.63, 3.8) is 0 Å². The van der Waals surface area contributed by atoms with Crippen LogP contribution in [0.2, 0.25) is 0 Å². The van der Waals surface area contributed by atoms with E-state index in [-0.39, 0.29) is 5.41 Å². The third kappa shape index (κ3) is 3.85. The molecule has 0 radical (unpaired) electrons. The van der Waals surface area contributed by atoms with E-state index in [2.05, 4.69) is 31.7 Å². The summed E-state index contributed by atoms with van der Waals surface area (Å²) in [5, 5.41) is 0. The summed E-state index contributed by atoms with van der Waals surface area (Å²) >= 11 is 0. The average molecular weight is 287 g/mol. The van der Waals surface area contributed by atoms with Gasteiger partial charge in [-0.15, -0.1) is 0 Å². The maximum atomic E-state index is 11.1. The molecule has 4 heteroatoms. The summed E-state index contributed by atoms with van der Waals surface area (Å²) in [4.78, 5) is 13.5. The molecule has 21 heavy (non-hydrogen) atoms. The van der Waals surface area contributed by atoms with Gasteiger partial charge in [-0.1, -0.05) is 38.5 Å². The molecule has 1 aliphatic heterocycles. The van der Waals surface area contributed by atoms with Crippen LogP contribution in [-0.2, 0) is 6.54 Å². The first-order valence-corrected chi connectivity index (χ1v) is 7.37. The molecule has 1 aliphatic rings. The van der Waals surface area contributed by atoms with Crippen molar-refractivity contribution in [3.05, 3.63) is 41.0 Å². The van der Waals surface area contributed by atoms with E-state index in [1.807, 2.05) is 6.07 Å². The molecule has 0 aromatic heterocycles. The molecule has 2 rings (SSSR count). The molecule has 0 saturated carbocycles. The van der Waals surface area contributed by atoms with Gasteiger partial charge in [0, 0.05) is 30.9 Å². The topological polar surface area (TPSA) is 72.3 Å². The van der Waals surface area contributed by atoms with Gasteiger partial charge in [-0.25, -0.2) is 0 Å². The maximum absolute atomic E-state index is 11.1. The van der Waals surface area contributed by atoms with E-state index >= 15 is 0 Å². The van der Waals surface area contributed by atoms with Crippen molar-refractivity contribution in [1.29, 1.82) is 0 Å². The highest BCUT2D eigenvalue weighted by molar-refractivity contribution is 5.93. The number of benzene rings is 1. The molecule has 0 bridgehead atoms. The number of carbonyl (C=O) groups excluding carboxylic acids is 1. The molecule has 4 N–H and O–H groups in total. The highest BCUT2D eigenvalue weighted by Crippen LogP contribution is 2.30. The predicted molar refractivity (Wildman–Crippen MR) is 86.8 cm³/mol. The van der Waals surface area contributed by atoms with Crippen LogP contribution in [0.15, 0.2) is 29.8 Å². The minimum Gasteiger partial charge on any atom is -0.398 e. The molecule has 0 fully saturated rings. The number of hydrogen-bond acceptors (Lipinski definition) is 3. The van der Waals surface area contributed by atoms with Gasteiger partial charge < -0.3 is 11.5 Å². The van der Waals surface area contributed by atoms with Crippen LogP contribution in [0.3, 0.4) is 0 Å². The van der Waals surface area contributed by atoms with Gasteiger partial charge >= 0.3 is 0 Å². The molecular weight excluding hydrogens is 262 g/mol. The molecule has 1 aromatic carbocycles. The highest BCUT2D eigenvalue weighted by atomic mass is 16.1. The molecule has 1 aromatic rings. The van der Waals surface area contributed by atoms with Gasteiger partial charge in [-0.2, -0.15) is 0 Å². The smallest absolute Gasteiger partial charge is 0.248 e. The van der Waals surface area contributed by atoms with Gasteiger partial charge in [0.1, 0.15) is 0 Å². The standard InChI is InChI=1S/C17H25N3O/c1-17(2,3)14-6-8-20(9-7-14)11-13-5-4-12(16(19)21)10-15(13)18/h4-6,10H,7-9,11,18H2,1-3H3,(H2,19,21). The van der Waals surface area contributed by atoms with Gasteiger partial charge in [0.15, 0.2) is 0 Å². The van der Waals surface area contributed by atoms with E-state index < -0.39 is 5.91 Å². The number of nitrogens with two attached hydrogens (primary N) is 2. The number of nitrogens with zero attached hydrogens (tertiary/aromatic N) is 1. The third-order valence-corrected chi connectivity index (χ3v) is 4.08. The fourth-order valence-electron chi connectivity index (χ4n) is 2.67. The van der Waals surface area contributed by atoms with E-state index in [0.29, 0.717) is 11.3 Å². The Labute approximate surface area is 126 Å². The minimum atomic E-state index is -0.441. The van der Waals surface area contributed by atoms with Gasteiger partial charge in [0.2, 0.25) is 5.91 Å². The molecule has 0 saturated heterocycles. The Balaban J connectivity index is 2.04. The molecule has 0 aliphatic carbocycles. The third-order valence-electron chi connectivity index (χ3n) is 4.08. The lowest BCUT2D eigenvalue weighted by Gasteiger charge is -2.32. The summed E-state index contributed by atoms with van der Waals surface area (Å²) in [6, 6.07) is 5.31. The zero-order chi connectivity index (χ0) is 15.6. The molecule has 0 atom stereocenters. The molecule has 1 heterocycles. The Morgan fingerprint density at radius 3 is 2.52 bits per heavy atom. The zero-order valence-electron chi connectivity index (χ0n) is 13.1. The second-order valence-electron chi connectivity index (χ2n) is 6.74. The summed E-state index contributed by atoms with van der Waals surface area (Å²) < 4.78 is 0. The largest absolute Gasteiger partial charge is 0.398 e. The van der Waals surface area contributed by atoms with Crippen LogP contribution in [0.5, 0.6) is 0 Å². The Morgan fingerprint density at radius 2 is 2.05 bits per heavy atom. The number of primary amides is 1. The molecular formula is C17H25N3O.